The van der Waals surface area contributed by atoms with Gasteiger partial charge in [0, 0.05) is 30.5 Å². The second kappa shape index (κ2) is 9.12. The van der Waals surface area contributed by atoms with E-state index in [1.165, 1.54) is 22.7 Å². The first kappa shape index (κ1) is 20.4. The molecule has 0 fully saturated rings. The monoisotopic (exact) mass is 393 g/mol. The maximum atomic E-state index is 5.97. The molecule has 6 nitrogen and oxygen atoms in total. The van der Waals surface area contributed by atoms with E-state index in [-0.39, 0.29) is 12.4 Å². The van der Waals surface area contributed by atoms with Crippen molar-refractivity contribution >= 4 is 23.9 Å². The quantitative estimate of drug-likeness (QED) is 0.606. The van der Waals surface area contributed by atoms with Crippen molar-refractivity contribution in [3.8, 4) is 16.9 Å². The Morgan fingerprint density at radius 1 is 1.23 bits per heavy atom. The number of rotatable bonds is 7. The van der Waals surface area contributed by atoms with Crippen LogP contribution in [0.15, 0.2) is 30.9 Å². The van der Waals surface area contributed by atoms with Crippen LogP contribution in [-0.2, 0) is 6.42 Å². The first-order valence-electron chi connectivity index (χ1n) is 8.35. The van der Waals surface area contributed by atoms with Crippen LogP contribution >= 0.6 is 23.9 Å². The zero-order valence-corrected chi connectivity index (χ0v) is 17.1. The summed E-state index contributed by atoms with van der Waals surface area (Å²) in [5.74, 6) is 1.41. The van der Waals surface area contributed by atoms with Crippen LogP contribution in [0.25, 0.3) is 5.95 Å². The van der Waals surface area contributed by atoms with Crippen molar-refractivity contribution in [3.05, 3.63) is 47.5 Å². The van der Waals surface area contributed by atoms with E-state index in [4.69, 9.17) is 4.74 Å². The Hall–Kier alpha value is -1.96. The molecule has 8 heteroatoms. The summed E-state index contributed by atoms with van der Waals surface area (Å²) in [5, 5.41) is 0.532. The van der Waals surface area contributed by atoms with Crippen LogP contribution in [0, 0.1) is 13.8 Å². The van der Waals surface area contributed by atoms with Gasteiger partial charge in [-0.1, -0.05) is 13.0 Å². The minimum absolute atomic E-state index is 0. The number of aromatic nitrogens is 4. The number of likely N-dealkylation sites (N-methyl/N-ethyl adjacent to an activating group) is 1. The van der Waals surface area contributed by atoms with Crippen molar-refractivity contribution in [1.82, 2.24) is 23.8 Å². The van der Waals surface area contributed by atoms with Crippen LogP contribution in [0.4, 0.5) is 0 Å². The summed E-state index contributed by atoms with van der Waals surface area (Å²) in [4.78, 5) is 10.7. The summed E-state index contributed by atoms with van der Waals surface area (Å²) in [5.41, 5.74) is 3.71. The molecule has 0 saturated carbocycles. The van der Waals surface area contributed by atoms with Crippen LogP contribution in [0.5, 0.6) is 10.9 Å². The van der Waals surface area contributed by atoms with E-state index in [0.717, 1.165) is 30.8 Å². The van der Waals surface area contributed by atoms with Crippen molar-refractivity contribution in [2.45, 2.75) is 27.2 Å². The number of halogens is 1. The van der Waals surface area contributed by atoms with Crippen LogP contribution < -0.4 is 4.74 Å². The van der Waals surface area contributed by atoms with E-state index in [9.17, 15) is 0 Å². The molecule has 140 valence electrons. The van der Waals surface area contributed by atoms with Crippen molar-refractivity contribution in [2.24, 2.45) is 0 Å². The van der Waals surface area contributed by atoms with Gasteiger partial charge < -0.3 is 9.64 Å². The molecule has 0 aliphatic carbocycles. The lowest BCUT2D eigenvalue weighted by atomic mass is 10.0. The van der Waals surface area contributed by atoms with E-state index in [1.807, 2.05) is 6.20 Å². The number of aryl methyl sites for hydroxylation is 2. The molecular formula is C18H24ClN5OS. The van der Waals surface area contributed by atoms with Gasteiger partial charge in [-0.25, -0.2) is 4.98 Å². The third kappa shape index (κ3) is 4.81. The number of hydrogen-bond acceptors (Lipinski definition) is 6. The van der Waals surface area contributed by atoms with Gasteiger partial charge >= 0.3 is 0 Å². The molecule has 0 aliphatic rings. The fraction of sp³-hybridized carbons (Fsp3) is 0.389. The second-order valence-electron chi connectivity index (χ2n) is 6.12. The number of nitrogens with zero attached hydrogens (tertiary/aromatic N) is 5. The maximum Gasteiger partial charge on any atom is 0.300 e. The summed E-state index contributed by atoms with van der Waals surface area (Å²) in [6, 6.07) is 4.31. The zero-order valence-electron chi connectivity index (χ0n) is 15.5. The highest BCUT2D eigenvalue weighted by atomic mass is 35.5. The predicted molar refractivity (Wildman–Crippen MR) is 107 cm³/mol. The Morgan fingerprint density at radius 2 is 2.04 bits per heavy atom. The molecule has 0 amide bonds. The first-order chi connectivity index (χ1) is 12.1. The Morgan fingerprint density at radius 3 is 2.73 bits per heavy atom. The van der Waals surface area contributed by atoms with E-state index in [0.29, 0.717) is 11.1 Å². The molecule has 26 heavy (non-hydrogen) atoms. The highest BCUT2D eigenvalue weighted by molar-refractivity contribution is 7.07. The van der Waals surface area contributed by atoms with Gasteiger partial charge in [-0.2, -0.15) is 4.98 Å². The average molecular weight is 394 g/mol. The zero-order chi connectivity index (χ0) is 17.8. The number of ether oxygens (including phenoxy) is 1. The largest absolute Gasteiger partial charge is 0.430 e. The molecule has 0 unspecified atom stereocenters. The summed E-state index contributed by atoms with van der Waals surface area (Å²) >= 11 is 1.24. The lowest BCUT2D eigenvalue weighted by Gasteiger charge is -2.16. The van der Waals surface area contributed by atoms with Gasteiger partial charge in [-0.3, -0.25) is 4.57 Å². The molecule has 0 atom stereocenters. The van der Waals surface area contributed by atoms with Crippen molar-refractivity contribution in [1.29, 1.82) is 0 Å². The highest BCUT2D eigenvalue weighted by Gasteiger charge is 2.11. The smallest absolute Gasteiger partial charge is 0.300 e. The molecule has 0 N–H and O–H groups in total. The van der Waals surface area contributed by atoms with Gasteiger partial charge in [0.25, 0.3) is 5.19 Å². The number of benzene rings is 1. The summed E-state index contributed by atoms with van der Waals surface area (Å²) in [6.45, 7) is 8.50. The Balaban J connectivity index is 0.00000243. The minimum Gasteiger partial charge on any atom is -0.430 e. The summed E-state index contributed by atoms with van der Waals surface area (Å²) < 4.78 is 12.0. The standard InChI is InChI=1S/C18H23N5OS.ClH/c1-5-22(4)8-6-15-10-14(3)16(11-13(15)2)24-18-20-17(21-25-18)23-9-7-19-12-23;/h7,9-12H,5-6,8H2,1-4H3;1H. The van der Waals surface area contributed by atoms with Gasteiger partial charge in [0.2, 0.25) is 5.95 Å². The van der Waals surface area contributed by atoms with Gasteiger partial charge in [-0.15, -0.1) is 16.8 Å². The fourth-order valence-corrected chi connectivity index (χ4v) is 3.06. The van der Waals surface area contributed by atoms with Gasteiger partial charge in [0.1, 0.15) is 12.1 Å². The minimum atomic E-state index is 0. The Bertz CT molecular complexity index is 834. The third-order valence-electron chi connectivity index (χ3n) is 4.27. The summed E-state index contributed by atoms with van der Waals surface area (Å²) in [7, 11) is 2.15. The molecule has 2 heterocycles. The normalized spacial score (nSPS) is 10.8. The van der Waals surface area contributed by atoms with E-state index in [1.54, 1.807) is 17.1 Å². The summed E-state index contributed by atoms with van der Waals surface area (Å²) in [6.07, 6.45) is 6.22. The average Bonchev–Trinajstić information content (AvgIpc) is 3.27. The van der Waals surface area contributed by atoms with Crippen molar-refractivity contribution in [3.63, 3.8) is 0 Å². The molecule has 2 aromatic heterocycles. The first-order valence-corrected chi connectivity index (χ1v) is 9.12. The van der Waals surface area contributed by atoms with E-state index in [2.05, 4.69) is 59.2 Å². The van der Waals surface area contributed by atoms with Crippen LogP contribution in [0.1, 0.15) is 23.6 Å². The van der Waals surface area contributed by atoms with Gasteiger partial charge in [0.15, 0.2) is 0 Å². The van der Waals surface area contributed by atoms with Crippen LogP contribution in [0.3, 0.4) is 0 Å². The van der Waals surface area contributed by atoms with Gasteiger partial charge in [-0.05, 0) is 56.6 Å². The fourth-order valence-electron chi connectivity index (χ4n) is 2.52. The molecular weight excluding hydrogens is 370 g/mol. The molecule has 3 aromatic rings. The molecule has 0 spiro atoms. The SMILES string of the molecule is CCN(C)CCc1cc(C)c(Oc2nc(-n3ccnc3)ns2)cc1C.Cl. The predicted octanol–water partition coefficient (Wildman–Crippen LogP) is 4.05. The molecule has 3 rings (SSSR count). The van der Waals surface area contributed by atoms with Crippen molar-refractivity contribution < 1.29 is 4.74 Å². The molecule has 0 saturated heterocycles. The Kier molecular flexibility index (Phi) is 7.14. The molecule has 1 aromatic carbocycles. The van der Waals surface area contributed by atoms with E-state index < -0.39 is 0 Å². The second-order valence-corrected chi connectivity index (χ2v) is 6.84. The van der Waals surface area contributed by atoms with Crippen molar-refractivity contribution in [2.75, 3.05) is 20.1 Å². The lowest BCUT2D eigenvalue weighted by Crippen LogP contribution is -2.20. The van der Waals surface area contributed by atoms with Crippen LogP contribution in [0.2, 0.25) is 0 Å². The van der Waals surface area contributed by atoms with Gasteiger partial charge in [0.05, 0.1) is 0 Å². The number of hydrogen-bond donors (Lipinski definition) is 0. The van der Waals surface area contributed by atoms with Crippen LogP contribution in [-0.4, -0.2) is 43.9 Å². The molecule has 0 aliphatic heterocycles. The topological polar surface area (TPSA) is 56.1 Å². The maximum absolute atomic E-state index is 5.97. The third-order valence-corrected chi connectivity index (χ3v) is 4.85. The molecule has 0 radical (unpaired) electrons. The Labute approximate surface area is 164 Å². The molecule has 0 bridgehead atoms. The number of imidazole rings is 1. The highest BCUT2D eigenvalue weighted by Crippen LogP contribution is 2.29. The lowest BCUT2D eigenvalue weighted by molar-refractivity contribution is 0.357. The van der Waals surface area contributed by atoms with E-state index >= 15 is 0 Å².